The second-order valence-electron chi connectivity index (χ2n) is 4.94. The van der Waals surface area contributed by atoms with Crippen LogP contribution in [0.2, 0.25) is 0 Å². The quantitative estimate of drug-likeness (QED) is 0.833. The molecule has 2 N–H and O–H groups in total. The second-order valence-corrected chi connectivity index (χ2v) is 6.02. The monoisotopic (exact) mass is 355 g/mol. The van der Waals surface area contributed by atoms with E-state index in [-0.39, 0.29) is 0 Å². The van der Waals surface area contributed by atoms with E-state index >= 15 is 0 Å². The number of nitrogen functional groups attached to an aromatic ring is 1. The molecule has 0 atom stereocenters. The van der Waals surface area contributed by atoms with Crippen molar-refractivity contribution in [3.8, 4) is 5.69 Å². The first-order valence-corrected chi connectivity index (χ1v) is 7.11. The van der Waals surface area contributed by atoms with E-state index in [0.717, 1.165) is 20.8 Å². The van der Waals surface area contributed by atoms with Crippen molar-refractivity contribution >= 4 is 28.4 Å². The van der Waals surface area contributed by atoms with E-state index in [9.17, 15) is 0 Å². The summed E-state index contributed by atoms with van der Waals surface area (Å²) in [5.41, 5.74) is 10.7. The highest BCUT2D eigenvalue weighted by atomic mass is 127. The fourth-order valence-corrected chi connectivity index (χ4v) is 2.89. The highest BCUT2D eigenvalue weighted by Gasteiger charge is 2.17. The number of anilines is 1. The standard InChI is InChI=1S/C14H18IN3/c1-8(2)13-12(15)14(16)18(17-13)11-7-9(3)5-6-10(11)4/h5-8H,16H2,1-4H3. The lowest BCUT2D eigenvalue weighted by molar-refractivity contribution is 0.766. The normalized spacial score (nSPS) is 11.2. The maximum absolute atomic E-state index is 6.19. The number of aromatic nitrogens is 2. The molecule has 3 nitrogen and oxygen atoms in total. The minimum absolute atomic E-state index is 0.380. The molecule has 1 aromatic carbocycles. The van der Waals surface area contributed by atoms with Crippen LogP contribution in [-0.2, 0) is 0 Å². The molecule has 0 amide bonds. The topological polar surface area (TPSA) is 43.8 Å². The molecule has 0 aliphatic heterocycles. The zero-order chi connectivity index (χ0) is 13.4. The molecule has 0 aliphatic carbocycles. The zero-order valence-corrected chi connectivity index (χ0v) is 13.3. The van der Waals surface area contributed by atoms with E-state index in [0.29, 0.717) is 5.92 Å². The third-order valence-electron chi connectivity index (χ3n) is 3.03. The molecule has 4 heteroatoms. The molecule has 1 aromatic heterocycles. The molecule has 0 spiro atoms. The van der Waals surface area contributed by atoms with Crippen LogP contribution >= 0.6 is 22.6 Å². The number of nitrogens with two attached hydrogens (primary N) is 1. The van der Waals surface area contributed by atoms with Gasteiger partial charge < -0.3 is 5.73 Å². The number of hydrogen-bond donors (Lipinski definition) is 1. The van der Waals surface area contributed by atoms with Crippen LogP contribution in [-0.4, -0.2) is 9.78 Å². The molecule has 0 unspecified atom stereocenters. The van der Waals surface area contributed by atoms with Gasteiger partial charge in [-0.05, 0) is 59.5 Å². The first kappa shape index (κ1) is 13.4. The molecule has 96 valence electrons. The largest absolute Gasteiger partial charge is 0.383 e. The highest BCUT2D eigenvalue weighted by molar-refractivity contribution is 14.1. The van der Waals surface area contributed by atoms with Crippen molar-refractivity contribution < 1.29 is 0 Å². The van der Waals surface area contributed by atoms with Gasteiger partial charge in [0.15, 0.2) is 0 Å². The average Bonchev–Trinajstić information content (AvgIpc) is 2.60. The van der Waals surface area contributed by atoms with Gasteiger partial charge in [0.25, 0.3) is 0 Å². The van der Waals surface area contributed by atoms with Crippen molar-refractivity contribution in [1.29, 1.82) is 0 Å². The van der Waals surface area contributed by atoms with Crippen molar-refractivity contribution in [2.24, 2.45) is 0 Å². The highest BCUT2D eigenvalue weighted by Crippen LogP contribution is 2.28. The molecule has 0 saturated heterocycles. The van der Waals surface area contributed by atoms with Gasteiger partial charge in [0.05, 0.1) is 15.0 Å². The maximum atomic E-state index is 6.19. The Kier molecular flexibility index (Phi) is 3.66. The molecule has 0 saturated carbocycles. The van der Waals surface area contributed by atoms with Gasteiger partial charge in [-0.15, -0.1) is 0 Å². The Hall–Kier alpha value is -1.04. The smallest absolute Gasteiger partial charge is 0.141 e. The van der Waals surface area contributed by atoms with Gasteiger partial charge in [-0.25, -0.2) is 4.68 Å². The van der Waals surface area contributed by atoms with Crippen molar-refractivity contribution in [1.82, 2.24) is 9.78 Å². The fourth-order valence-electron chi connectivity index (χ4n) is 1.93. The Morgan fingerprint density at radius 3 is 2.50 bits per heavy atom. The van der Waals surface area contributed by atoms with Gasteiger partial charge in [0, 0.05) is 0 Å². The molecule has 2 aromatic rings. The van der Waals surface area contributed by atoms with Crippen molar-refractivity contribution in [3.63, 3.8) is 0 Å². The van der Waals surface area contributed by atoms with Crippen LogP contribution in [0, 0.1) is 17.4 Å². The van der Waals surface area contributed by atoms with Gasteiger partial charge in [-0.3, -0.25) is 0 Å². The predicted molar refractivity (Wildman–Crippen MR) is 84.3 cm³/mol. The van der Waals surface area contributed by atoms with E-state index in [2.05, 4.69) is 73.6 Å². The van der Waals surface area contributed by atoms with Crippen LogP contribution < -0.4 is 5.73 Å². The summed E-state index contributed by atoms with van der Waals surface area (Å²) in [5, 5.41) is 4.67. The summed E-state index contributed by atoms with van der Waals surface area (Å²) in [4.78, 5) is 0. The lowest BCUT2D eigenvalue weighted by atomic mass is 10.1. The summed E-state index contributed by atoms with van der Waals surface area (Å²) in [6.45, 7) is 8.43. The fraction of sp³-hybridized carbons (Fsp3) is 0.357. The number of hydrogen-bond acceptors (Lipinski definition) is 2. The molecule has 0 radical (unpaired) electrons. The summed E-state index contributed by atoms with van der Waals surface area (Å²) in [7, 11) is 0. The van der Waals surface area contributed by atoms with E-state index in [1.165, 1.54) is 11.1 Å². The number of benzene rings is 1. The van der Waals surface area contributed by atoms with Crippen molar-refractivity contribution in [2.75, 3.05) is 5.73 Å². The van der Waals surface area contributed by atoms with E-state index in [4.69, 9.17) is 5.73 Å². The number of aryl methyl sites for hydroxylation is 2. The van der Waals surface area contributed by atoms with Crippen LogP contribution in [0.1, 0.15) is 36.6 Å². The Morgan fingerprint density at radius 2 is 1.94 bits per heavy atom. The molecular formula is C14H18IN3. The second kappa shape index (κ2) is 4.91. The SMILES string of the molecule is Cc1ccc(C)c(-n2nc(C(C)C)c(I)c2N)c1. The zero-order valence-electron chi connectivity index (χ0n) is 11.2. The van der Waals surface area contributed by atoms with Gasteiger partial charge in [-0.2, -0.15) is 5.10 Å². The predicted octanol–water partition coefficient (Wildman–Crippen LogP) is 3.80. The lowest BCUT2D eigenvalue weighted by Gasteiger charge is -2.08. The molecule has 18 heavy (non-hydrogen) atoms. The van der Waals surface area contributed by atoms with E-state index in [1.807, 2.05) is 4.68 Å². The van der Waals surface area contributed by atoms with Gasteiger partial charge in [0.1, 0.15) is 5.82 Å². The molecule has 2 rings (SSSR count). The van der Waals surface area contributed by atoms with Crippen LogP contribution in [0.5, 0.6) is 0 Å². The first-order chi connectivity index (χ1) is 8.41. The first-order valence-electron chi connectivity index (χ1n) is 6.03. The number of halogens is 1. The van der Waals surface area contributed by atoms with Crippen molar-refractivity contribution in [2.45, 2.75) is 33.6 Å². The van der Waals surface area contributed by atoms with Crippen LogP contribution in [0.25, 0.3) is 5.69 Å². The van der Waals surface area contributed by atoms with Gasteiger partial charge in [-0.1, -0.05) is 26.0 Å². The number of rotatable bonds is 2. The molecule has 0 bridgehead atoms. The van der Waals surface area contributed by atoms with Crippen LogP contribution in [0.4, 0.5) is 5.82 Å². The third-order valence-corrected chi connectivity index (χ3v) is 4.13. The van der Waals surface area contributed by atoms with Gasteiger partial charge >= 0.3 is 0 Å². The van der Waals surface area contributed by atoms with Crippen molar-refractivity contribution in [3.05, 3.63) is 38.6 Å². The summed E-state index contributed by atoms with van der Waals surface area (Å²) in [6, 6.07) is 6.33. The molecule has 0 aliphatic rings. The summed E-state index contributed by atoms with van der Waals surface area (Å²) < 4.78 is 2.92. The maximum Gasteiger partial charge on any atom is 0.141 e. The van der Waals surface area contributed by atoms with Crippen LogP contribution in [0.3, 0.4) is 0 Å². The van der Waals surface area contributed by atoms with Crippen LogP contribution in [0.15, 0.2) is 18.2 Å². The Bertz CT molecular complexity index is 585. The lowest BCUT2D eigenvalue weighted by Crippen LogP contribution is -2.04. The van der Waals surface area contributed by atoms with E-state index in [1.54, 1.807) is 0 Å². The minimum atomic E-state index is 0.380. The Labute approximate surface area is 122 Å². The minimum Gasteiger partial charge on any atom is -0.383 e. The van der Waals surface area contributed by atoms with E-state index < -0.39 is 0 Å². The Morgan fingerprint density at radius 1 is 1.28 bits per heavy atom. The summed E-state index contributed by atoms with van der Waals surface area (Å²) >= 11 is 2.28. The summed E-state index contributed by atoms with van der Waals surface area (Å²) in [6.07, 6.45) is 0. The Balaban J connectivity index is 2.64. The third kappa shape index (κ3) is 2.25. The number of nitrogens with zero attached hydrogens (tertiary/aromatic N) is 2. The molecular weight excluding hydrogens is 337 g/mol. The average molecular weight is 355 g/mol. The molecule has 1 heterocycles. The molecule has 0 fully saturated rings. The summed E-state index contributed by atoms with van der Waals surface area (Å²) in [5.74, 6) is 1.11. The van der Waals surface area contributed by atoms with Gasteiger partial charge in [0.2, 0.25) is 0 Å².